The number of carbonyl (C=O) groups is 6. The van der Waals surface area contributed by atoms with E-state index < -0.39 is 108 Å². The first-order valence-corrected chi connectivity index (χ1v) is 25.9. The van der Waals surface area contributed by atoms with Gasteiger partial charge in [0.05, 0.1) is 37.6 Å². The quantitative estimate of drug-likeness (QED) is 0.116. The normalized spacial score (nSPS) is 37.1. The van der Waals surface area contributed by atoms with Crippen LogP contribution < -0.4 is 0 Å². The summed E-state index contributed by atoms with van der Waals surface area (Å²) in [4.78, 5) is 84.7. The van der Waals surface area contributed by atoms with E-state index in [1.165, 1.54) is 18.9 Å². The number of rotatable bonds is 9. The molecule has 16 heteroatoms. The molecule has 4 rings (SSSR count). The fraction of sp³-hybridized carbons (Fsp3) is 0.745. The van der Waals surface area contributed by atoms with Crippen molar-refractivity contribution < 1.29 is 72.9 Å². The van der Waals surface area contributed by atoms with Gasteiger partial charge in [-0.25, -0.2) is 4.79 Å². The number of fused-ring (bicyclic) bond motifs is 3. The summed E-state index contributed by atoms with van der Waals surface area (Å²) in [7, 11) is 3.08. The number of hydrogen-bond acceptors (Lipinski definition) is 15. The zero-order chi connectivity index (χ0) is 52.8. The number of carbonyl (C=O) groups excluding carboxylic acids is 6. The first-order chi connectivity index (χ1) is 33.5. The summed E-state index contributed by atoms with van der Waals surface area (Å²) < 4.78 is 29.8. The van der Waals surface area contributed by atoms with Crippen molar-refractivity contribution in [3.8, 4) is 0 Å². The van der Waals surface area contributed by atoms with E-state index in [-0.39, 0.29) is 55.1 Å². The number of allylic oxidation sites excluding steroid dienone is 6. The lowest BCUT2D eigenvalue weighted by molar-refractivity contribution is -0.265. The highest BCUT2D eigenvalue weighted by Gasteiger charge is 2.53. The molecule has 3 heterocycles. The van der Waals surface area contributed by atoms with Crippen molar-refractivity contribution >= 4 is 35.2 Å². The number of esters is 2. The number of piperidine rings is 1. The summed E-state index contributed by atoms with van der Waals surface area (Å²) in [5.41, 5.74) is -0.146. The van der Waals surface area contributed by atoms with Gasteiger partial charge in [0, 0.05) is 57.8 Å². The van der Waals surface area contributed by atoms with Gasteiger partial charge in [-0.3, -0.25) is 24.0 Å². The van der Waals surface area contributed by atoms with Gasteiger partial charge >= 0.3 is 11.9 Å². The van der Waals surface area contributed by atoms with E-state index in [2.05, 4.69) is 0 Å². The molecule has 71 heavy (non-hydrogen) atoms. The van der Waals surface area contributed by atoms with Gasteiger partial charge in [0.1, 0.15) is 35.2 Å². The molecule has 0 aromatic rings. The zero-order valence-corrected chi connectivity index (χ0v) is 44.0. The van der Waals surface area contributed by atoms with Crippen LogP contribution in [0.2, 0.25) is 0 Å². The second-order valence-electron chi connectivity index (χ2n) is 21.5. The van der Waals surface area contributed by atoms with Crippen molar-refractivity contribution in [2.45, 2.75) is 187 Å². The van der Waals surface area contributed by atoms with Crippen molar-refractivity contribution in [2.24, 2.45) is 40.9 Å². The molecule has 3 fully saturated rings. The number of ketones is 3. The molecule has 1 saturated carbocycles. The number of cyclic esters (lactones) is 1. The fourth-order valence-corrected chi connectivity index (χ4v) is 10.4. The largest absolute Gasteiger partial charge is 0.460 e. The van der Waals surface area contributed by atoms with E-state index in [0.717, 1.165) is 5.57 Å². The lowest BCUT2D eigenvalue weighted by atomic mass is 9.78. The molecule has 3 aliphatic heterocycles. The summed E-state index contributed by atoms with van der Waals surface area (Å²) >= 11 is 0. The maximum atomic E-state index is 14.5. The maximum absolute atomic E-state index is 14.5. The number of Topliss-reactive ketones (excluding diaryl/α,β-unsaturated/α-hetero) is 3. The predicted molar refractivity (Wildman–Crippen MR) is 265 cm³/mol. The molecule has 16 nitrogen and oxygen atoms in total. The van der Waals surface area contributed by atoms with Gasteiger partial charge in [0.2, 0.25) is 5.79 Å². The first-order valence-electron chi connectivity index (χ1n) is 25.9. The minimum absolute atomic E-state index is 0.0209. The number of amides is 1. The smallest absolute Gasteiger partial charge is 0.329 e. The average Bonchev–Trinajstić information content (AvgIpc) is 3.35. The van der Waals surface area contributed by atoms with E-state index >= 15 is 0 Å². The van der Waals surface area contributed by atoms with Crippen LogP contribution in [-0.4, -0.2) is 143 Å². The van der Waals surface area contributed by atoms with Crippen molar-refractivity contribution in [3.05, 3.63) is 47.6 Å². The van der Waals surface area contributed by atoms with E-state index in [0.29, 0.717) is 69.8 Å². The van der Waals surface area contributed by atoms with E-state index in [1.54, 1.807) is 34.0 Å². The van der Waals surface area contributed by atoms with Crippen molar-refractivity contribution in [1.82, 2.24) is 4.90 Å². The molecule has 400 valence electrons. The van der Waals surface area contributed by atoms with Crippen LogP contribution in [0.25, 0.3) is 0 Å². The third-order valence-corrected chi connectivity index (χ3v) is 15.6. The van der Waals surface area contributed by atoms with Gasteiger partial charge in [-0.15, -0.1) is 0 Å². The Morgan fingerprint density at radius 1 is 0.859 bits per heavy atom. The average molecular weight is 1000 g/mol. The highest BCUT2D eigenvalue weighted by Crippen LogP contribution is 2.38. The van der Waals surface area contributed by atoms with Crippen LogP contribution in [0.4, 0.5) is 0 Å². The Morgan fingerprint density at radius 3 is 2.23 bits per heavy atom. The molecular weight excluding hydrogens is 915 g/mol. The molecule has 0 aromatic carbocycles. The van der Waals surface area contributed by atoms with Crippen LogP contribution in [0.5, 0.6) is 0 Å². The fourth-order valence-electron chi connectivity index (χ4n) is 10.4. The number of aliphatic hydroxyl groups is 4. The van der Waals surface area contributed by atoms with Gasteiger partial charge in [-0.2, -0.15) is 0 Å². The second kappa shape index (κ2) is 27.4. The van der Waals surface area contributed by atoms with Crippen LogP contribution >= 0.6 is 0 Å². The summed E-state index contributed by atoms with van der Waals surface area (Å²) in [5, 5.41) is 42.7. The Labute approximate surface area is 421 Å². The Kier molecular flexibility index (Phi) is 23.0. The van der Waals surface area contributed by atoms with Crippen molar-refractivity contribution in [2.75, 3.05) is 34.0 Å². The lowest BCUT2D eigenvalue weighted by Crippen LogP contribution is -2.61. The Bertz CT molecular complexity index is 1950. The Morgan fingerprint density at radius 2 is 1.56 bits per heavy atom. The van der Waals surface area contributed by atoms with Crippen molar-refractivity contribution in [3.63, 3.8) is 0 Å². The summed E-state index contributed by atoms with van der Waals surface area (Å²) in [5.74, 6) is -8.76. The molecule has 6 unspecified atom stereocenters. The topological polar surface area (TPSA) is 233 Å². The van der Waals surface area contributed by atoms with Gasteiger partial charge in [0.15, 0.2) is 0 Å². The first kappa shape index (κ1) is 59.7. The summed E-state index contributed by atoms with van der Waals surface area (Å²) in [6, 6.07) is -1.18. The van der Waals surface area contributed by atoms with Crippen LogP contribution in [0, 0.1) is 40.9 Å². The number of aliphatic hydroxyl groups excluding tert-OH is 3. The van der Waals surface area contributed by atoms with E-state index in [4.69, 9.17) is 23.7 Å². The predicted octanol–water partition coefficient (Wildman–Crippen LogP) is 6.10. The lowest BCUT2D eigenvalue weighted by Gasteiger charge is -2.42. The minimum atomic E-state index is -2.46. The zero-order valence-electron chi connectivity index (χ0n) is 44.0. The van der Waals surface area contributed by atoms with Crippen LogP contribution in [0.3, 0.4) is 0 Å². The third kappa shape index (κ3) is 16.0. The van der Waals surface area contributed by atoms with E-state index in [9.17, 15) is 49.2 Å². The molecular formula is C55H85NO15. The minimum Gasteiger partial charge on any atom is -0.460 e. The SMILES string of the molecule is COC1CC(C[C@@H](C)C2CC(=O)[C@H](C)/C=C(\C)C(O)CC(=O)[C@H](C)C[C@H](C)/C=C/C=C/C=C(\C)[C@@H](OC)C[C@@H]3CC[C@@H](C)C(O)(O3)C(=O)C(=O)N3CCCCC3C(=O)O2)CC[C@H]1OC(=O)C(C)(CO)CO. The molecule has 0 aromatic heterocycles. The third-order valence-electron chi connectivity index (χ3n) is 15.6. The molecule has 0 spiro atoms. The van der Waals surface area contributed by atoms with Crippen molar-refractivity contribution in [1.29, 1.82) is 0 Å². The number of nitrogens with zero attached hydrogens (tertiary/aromatic N) is 1. The molecule has 4 N–H and O–H groups in total. The highest BCUT2D eigenvalue weighted by atomic mass is 16.6. The second-order valence-corrected chi connectivity index (χ2v) is 21.5. The van der Waals surface area contributed by atoms with Crippen LogP contribution in [0.1, 0.15) is 139 Å². The monoisotopic (exact) mass is 1000 g/mol. The highest BCUT2D eigenvalue weighted by molar-refractivity contribution is 6.39. The number of methoxy groups -OCH3 is 2. The Hall–Kier alpha value is -3.90. The number of hydrogen-bond donors (Lipinski definition) is 4. The van der Waals surface area contributed by atoms with Crippen LogP contribution in [0.15, 0.2) is 47.6 Å². The number of ether oxygens (including phenoxy) is 5. The summed E-state index contributed by atoms with van der Waals surface area (Å²) in [6.07, 6.45) is 11.5. The standard InChI is InChI=1S/C55H85NO15/c1-33-16-12-11-13-17-34(2)47(67-9)28-41-21-19-39(7)55(66,71-41)50(62)51(63)56-23-15-14-18-42(56)52(64)69-48(30-45(61)37(5)25-36(4)44(60)29-43(59)35(3)24-33)38(6)26-40-20-22-46(49(27-40)68-10)70-53(65)54(8,31-57)32-58/h11-13,16-17,25,33,35,37-42,44,46-49,57-58,60,66H,14-15,18-24,26-32H2,1-10H3/b13-11+,16-12+,34-17+,36-25+/t33-,35-,37-,38-,39-,40?,41+,42?,44?,46-,47+,48?,49?,55?/m1/s1. The van der Waals surface area contributed by atoms with E-state index in [1.807, 2.05) is 58.1 Å². The van der Waals surface area contributed by atoms with Gasteiger partial charge in [0.25, 0.3) is 11.7 Å². The summed E-state index contributed by atoms with van der Waals surface area (Å²) in [6.45, 7) is 12.9. The maximum Gasteiger partial charge on any atom is 0.329 e. The molecule has 14 atom stereocenters. The van der Waals surface area contributed by atoms with Gasteiger partial charge < -0.3 is 49.0 Å². The molecule has 0 radical (unpaired) electrons. The Balaban J connectivity index is 1.66. The van der Waals surface area contributed by atoms with Gasteiger partial charge in [-0.1, -0.05) is 71.1 Å². The molecule has 2 saturated heterocycles. The van der Waals surface area contributed by atoms with Gasteiger partial charge in [-0.05, 0) is 114 Å². The molecule has 2 bridgehead atoms. The molecule has 4 aliphatic rings. The molecule has 1 aliphatic carbocycles. The van der Waals surface area contributed by atoms with Crippen LogP contribution in [-0.2, 0) is 52.5 Å². The molecule has 1 amide bonds.